The maximum Gasteiger partial charge on any atom is 0.308 e. The van der Waals surface area contributed by atoms with E-state index in [1.54, 1.807) is 6.07 Å². The highest BCUT2D eigenvalue weighted by Gasteiger charge is 2.31. The summed E-state index contributed by atoms with van der Waals surface area (Å²) in [7, 11) is 0. The molecule has 0 saturated carbocycles. The van der Waals surface area contributed by atoms with Gasteiger partial charge in [0.2, 0.25) is 5.91 Å². The third-order valence-electron chi connectivity index (χ3n) is 3.92. The average molecular weight is 345 g/mol. The molecule has 2 rings (SSSR count). The van der Waals surface area contributed by atoms with Crippen LogP contribution in [0, 0.1) is 22.5 Å². The normalized spacial score (nSPS) is 15.2. The van der Waals surface area contributed by atoms with Gasteiger partial charge in [-0.2, -0.15) is 0 Å². The molecule has 25 heavy (non-hydrogen) atoms. The topological polar surface area (TPSA) is 102 Å². The predicted molar refractivity (Wildman–Crippen MR) is 90.7 cm³/mol. The number of hydrogen-bond donors (Lipinski definition) is 1. The van der Waals surface area contributed by atoms with Crippen LogP contribution >= 0.6 is 0 Å². The van der Waals surface area contributed by atoms with Crippen molar-refractivity contribution in [2.24, 2.45) is 0 Å². The Labute approximate surface area is 145 Å². The van der Waals surface area contributed by atoms with Crippen LogP contribution in [0.3, 0.4) is 0 Å². The number of amides is 1. The lowest BCUT2D eigenvalue weighted by atomic mass is 10.1. The largest absolute Gasteiger partial charge is 0.452 e. The predicted octanol–water partition coefficient (Wildman–Crippen LogP) is 1.56. The summed E-state index contributed by atoms with van der Waals surface area (Å²) in [5.74, 6) is 1.14. The van der Waals surface area contributed by atoms with Gasteiger partial charge in [0.1, 0.15) is 11.7 Å². The molecule has 1 atom stereocenters. The molecule has 132 valence electrons. The highest BCUT2D eigenvalue weighted by atomic mass is 16.6. The molecule has 8 nitrogen and oxygen atoms in total. The number of terminal acetylenes is 1. The van der Waals surface area contributed by atoms with E-state index < -0.39 is 22.8 Å². The minimum atomic E-state index is -0.757. The zero-order chi connectivity index (χ0) is 18.2. The summed E-state index contributed by atoms with van der Waals surface area (Å²) in [6, 6.07) is 5.11. The molecule has 0 aliphatic carbocycles. The van der Waals surface area contributed by atoms with Crippen molar-refractivity contribution in [1.29, 1.82) is 0 Å². The summed E-state index contributed by atoms with van der Waals surface area (Å²) in [6.45, 7) is 1.20. The first-order valence-corrected chi connectivity index (χ1v) is 7.90. The summed E-state index contributed by atoms with van der Waals surface area (Å²) in [4.78, 5) is 36.9. The van der Waals surface area contributed by atoms with Gasteiger partial charge in [-0.3, -0.25) is 24.6 Å². The van der Waals surface area contributed by atoms with E-state index in [0.29, 0.717) is 13.1 Å². The Kier molecular flexibility index (Phi) is 6.48. The minimum absolute atomic E-state index is 0.0960. The van der Waals surface area contributed by atoms with Gasteiger partial charge in [0.15, 0.2) is 6.61 Å². The van der Waals surface area contributed by atoms with E-state index >= 15 is 0 Å². The molecule has 0 bridgehead atoms. The Balaban J connectivity index is 2.14. The number of benzene rings is 1. The van der Waals surface area contributed by atoms with E-state index in [0.717, 1.165) is 12.8 Å². The van der Waals surface area contributed by atoms with E-state index in [9.17, 15) is 19.7 Å². The Bertz CT molecular complexity index is 692. The number of anilines is 1. The number of carbonyl (C=O) groups is 2. The summed E-state index contributed by atoms with van der Waals surface area (Å²) in [6.07, 6.45) is 6.75. The van der Waals surface area contributed by atoms with Crippen molar-refractivity contribution >= 4 is 23.3 Å². The molecular weight excluding hydrogens is 326 g/mol. The van der Waals surface area contributed by atoms with E-state index in [1.165, 1.54) is 18.2 Å². The van der Waals surface area contributed by atoms with E-state index in [-0.39, 0.29) is 24.4 Å². The Morgan fingerprint density at radius 2 is 2.04 bits per heavy atom. The summed E-state index contributed by atoms with van der Waals surface area (Å²) in [5, 5.41) is 13.6. The Morgan fingerprint density at radius 3 is 2.68 bits per heavy atom. The maximum atomic E-state index is 12.7. The first-order valence-electron chi connectivity index (χ1n) is 7.90. The first kappa shape index (κ1) is 18.4. The SMILES string of the molecule is C#CCOC(=O)CC(C(=O)Nc1ccccc1[N+](=O)[O-])N1CCCC1. The van der Waals surface area contributed by atoms with Gasteiger partial charge in [0.25, 0.3) is 5.69 Å². The van der Waals surface area contributed by atoms with Crippen LogP contribution in [0.5, 0.6) is 0 Å². The van der Waals surface area contributed by atoms with Crippen LogP contribution < -0.4 is 5.32 Å². The van der Waals surface area contributed by atoms with Crippen molar-refractivity contribution in [2.45, 2.75) is 25.3 Å². The second-order valence-electron chi connectivity index (χ2n) is 5.59. The monoisotopic (exact) mass is 345 g/mol. The fourth-order valence-electron chi connectivity index (χ4n) is 2.73. The maximum absolute atomic E-state index is 12.7. The number of ether oxygens (including phenoxy) is 1. The summed E-state index contributed by atoms with van der Waals surface area (Å²) in [5.41, 5.74) is -0.107. The molecule has 1 saturated heterocycles. The van der Waals surface area contributed by atoms with Gasteiger partial charge in [0, 0.05) is 6.07 Å². The standard InChI is InChI=1S/C17H19N3O5/c1-2-11-25-16(21)12-15(19-9-5-6-10-19)17(22)18-13-7-3-4-8-14(13)20(23)24/h1,3-4,7-8,15H,5-6,9-12H2,(H,18,22). The smallest absolute Gasteiger partial charge is 0.308 e. The quantitative estimate of drug-likeness (QED) is 0.348. The zero-order valence-electron chi connectivity index (χ0n) is 13.6. The second kappa shape index (κ2) is 8.80. The fraction of sp³-hybridized carbons (Fsp3) is 0.412. The number of esters is 1. The van der Waals surface area contributed by atoms with Crippen LogP contribution in [-0.2, 0) is 14.3 Å². The number of carbonyl (C=O) groups excluding carboxylic acids is 2. The van der Waals surface area contributed by atoms with Crippen molar-refractivity contribution in [2.75, 3.05) is 25.0 Å². The molecular formula is C17H19N3O5. The molecule has 8 heteroatoms. The van der Waals surface area contributed by atoms with Gasteiger partial charge in [-0.25, -0.2) is 0 Å². The molecule has 1 amide bonds. The fourth-order valence-corrected chi connectivity index (χ4v) is 2.73. The lowest BCUT2D eigenvalue weighted by Crippen LogP contribution is -2.44. The molecule has 1 heterocycles. The molecule has 1 N–H and O–H groups in total. The molecule has 0 spiro atoms. The number of nitro benzene ring substituents is 1. The van der Waals surface area contributed by atoms with Crippen LogP contribution in [0.1, 0.15) is 19.3 Å². The third kappa shape index (κ3) is 5.02. The summed E-state index contributed by atoms with van der Waals surface area (Å²) >= 11 is 0. The van der Waals surface area contributed by atoms with Crippen molar-refractivity contribution in [3.05, 3.63) is 34.4 Å². The number of rotatable bonds is 7. The van der Waals surface area contributed by atoms with Gasteiger partial charge in [-0.15, -0.1) is 6.42 Å². The Hall–Kier alpha value is -2.92. The van der Waals surface area contributed by atoms with Gasteiger partial charge >= 0.3 is 5.97 Å². The summed E-state index contributed by atoms with van der Waals surface area (Å²) < 4.78 is 4.85. The van der Waals surface area contributed by atoms with Crippen molar-refractivity contribution < 1.29 is 19.2 Å². The molecule has 1 aliphatic heterocycles. The number of hydrogen-bond acceptors (Lipinski definition) is 6. The van der Waals surface area contributed by atoms with Gasteiger partial charge in [0.05, 0.1) is 11.3 Å². The highest BCUT2D eigenvalue weighted by Crippen LogP contribution is 2.24. The number of likely N-dealkylation sites (tertiary alicyclic amines) is 1. The van der Waals surface area contributed by atoms with Gasteiger partial charge in [-0.1, -0.05) is 18.1 Å². The van der Waals surface area contributed by atoms with Crippen molar-refractivity contribution in [3.63, 3.8) is 0 Å². The first-order chi connectivity index (χ1) is 12.0. The lowest BCUT2D eigenvalue weighted by molar-refractivity contribution is -0.383. The average Bonchev–Trinajstić information content (AvgIpc) is 3.12. The molecule has 0 radical (unpaired) electrons. The molecule has 1 fully saturated rings. The number of nitro groups is 1. The van der Waals surface area contributed by atoms with Crippen molar-refractivity contribution in [3.8, 4) is 12.3 Å². The van der Waals surface area contributed by atoms with Crippen LogP contribution in [0.25, 0.3) is 0 Å². The lowest BCUT2D eigenvalue weighted by Gasteiger charge is -2.25. The second-order valence-corrected chi connectivity index (χ2v) is 5.59. The zero-order valence-corrected chi connectivity index (χ0v) is 13.6. The van der Waals surface area contributed by atoms with Crippen LogP contribution in [0.2, 0.25) is 0 Å². The number of nitrogens with one attached hydrogen (secondary N) is 1. The van der Waals surface area contributed by atoms with E-state index in [1.807, 2.05) is 4.90 Å². The van der Waals surface area contributed by atoms with Crippen LogP contribution in [0.4, 0.5) is 11.4 Å². The molecule has 1 aliphatic rings. The third-order valence-corrected chi connectivity index (χ3v) is 3.92. The molecule has 1 unspecified atom stereocenters. The van der Waals surface area contributed by atoms with Gasteiger partial charge in [-0.05, 0) is 32.0 Å². The van der Waals surface area contributed by atoms with Crippen LogP contribution in [-0.4, -0.2) is 47.4 Å². The molecule has 1 aromatic carbocycles. The highest BCUT2D eigenvalue weighted by molar-refractivity contribution is 5.98. The minimum Gasteiger partial charge on any atom is -0.452 e. The molecule has 1 aromatic rings. The van der Waals surface area contributed by atoms with E-state index in [2.05, 4.69) is 11.2 Å². The number of nitrogens with zero attached hydrogens (tertiary/aromatic N) is 2. The number of para-hydroxylation sites is 2. The molecule has 0 aromatic heterocycles. The Morgan fingerprint density at radius 1 is 1.36 bits per heavy atom. The van der Waals surface area contributed by atoms with E-state index in [4.69, 9.17) is 11.2 Å². The van der Waals surface area contributed by atoms with Gasteiger partial charge < -0.3 is 10.1 Å². The van der Waals surface area contributed by atoms with Crippen LogP contribution in [0.15, 0.2) is 24.3 Å². The van der Waals surface area contributed by atoms with Crippen molar-refractivity contribution in [1.82, 2.24) is 4.90 Å².